The van der Waals surface area contributed by atoms with Gasteiger partial charge in [0.25, 0.3) is 0 Å². The van der Waals surface area contributed by atoms with Gasteiger partial charge in [0.15, 0.2) is 5.76 Å². The fourth-order valence-electron chi connectivity index (χ4n) is 2.75. The quantitative estimate of drug-likeness (QED) is 0.685. The number of nitrogens with zero attached hydrogens (tertiary/aromatic N) is 1. The van der Waals surface area contributed by atoms with E-state index in [1.807, 2.05) is 41.8 Å². The minimum Gasteiger partial charge on any atom is -0.458 e. The standard InChI is InChI=1S/C18H17N3O3S/c22-18(15-10-14(19-20-15)17-7-4-8-25-17)23-11-13-9-16(24-21-13)12-5-2-1-3-6-12/h1-9,14-15,19-20H,10-11H2. The SMILES string of the molecule is O=C(OCc1cc(-c2ccccc2)on1)C1CC(c2cccs2)NN1. The number of ether oxygens (including phenoxy) is 1. The summed E-state index contributed by atoms with van der Waals surface area (Å²) >= 11 is 1.67. The molecule has 2 aromatic heterocycles. The molecule has 0 saturated carbocycles. The number of nitrogens with one attached hydrogen (secondary N) is 2. The highest BCUT2D eigenvalue weighted by Crippen LogP contribution is 2.26. The second-order valence-electron chi connectivity index (χ2n) is 5.80. The summed E-state index contributed by atoms with van der Waals surface area (Å²) in [5, 5.41) is 5.99. The maximum absolute atomic E-state index is 12.2. The molecular weight excluding hydrogens is 338 g/mol. The molecule has 128 valence electrons. The number of esters is 1. The minimum atomic E-state index is -0.368. The van der Waals surface area contributed by atoms with Gasteiger partial charge in [0.05, 0.1) is 6.04 Å². The number of hydrogen-bond acceptors (Lipinski definition) is 7. The Kier molecular flexibility index (Phi) is 4.60. The van der Waals surface area contributed by atoms with Crippen LogP contribution in [0.2, 0.25) is 0 Å². The van der Waals surface area contributed by atoms with E-state index in [0.29, 0.717) is 17.9 Å². The van der Waals surface area contributed by atoms with E-state index in [9.17, 15) is 4.79 Å². The number of thiophene rings is 1. The Morgan fingerprint density at radius 1 is 1.24 bits per heavy atom. The van der Waals surface area contributed by atoms with Crippen molar-refractivity contribution in [3.63, 3.8) is 0 Å². The molecule has 7 heteroatoms. The second-order valence-corrected chi connectivity index (χ2v) is 6.78. The summed E-state index contributed by atoms with van der Waals surface area (Å²) in [5.74, 6) is 0.362. The molecule has 6 nitrogen and oxygen atoms in total. The zero-order valence-corrected chi connectivity index (χ0v) is 14.2. The van der Waals surface area contributed by atoms with Crippen LogP contribution in [0.25, 0.3) is 11.3 Å². The zero-order valence-electron chi connectivity index (χ0n) is 13.3. The topological polar surface area (TPSA) is 76.4 Å². The average molecular weight is 355 g/mol. The summed E-state index contributed by atoms with van der Waals surface area (Å²) in [6.45, 7) is 0.0943. The van der Waals surface area contributed by atoms with Gasteiger partial charge in [-0.1, -0.05) is 41.6 Å². The fraction of sp³-hybridized carbons (Fsp3) is 0.222. The third-order valence-electron chi connectivity index (χ3n) is 4.05. The summed E-state index contributed by atoms with van der Waals surface area (Å²) in [6, 6.07) is 15.3. The molecule has 1 aliphatic rings. The van der Waals surface area contributed by atoms with Gasteiger partial charge in [-0.3, -0.25) is 4.79 Å². The number of benzene rings is 1. The molecule has 0 aliphatic carbocycles. The molecule has 0 spiro atoms. The van der Waals surface area contributed by atoms with E-state index in [0.717, 1.165) is 5.56 Å². The molecule has 1 aliphatic heterocycles. The van der Waals surface area contributed by atoms with Gasteiger partial charge in [-0.05, 0) is 17.9 Å². The number of aromatic nitrogens is 1. The van der Waals surface area contributed by atoms with E-state index < -0.39 is 0 Å². The number of rotatable bonds is 5. The lowest BCUT2D eigenvalue weighted by Gasteiger charge is -2.08. The van der Waals surface area contributed by atoms with Crippen LogP contribution in [0.5, 0.6) is 0 Å². The molecule has 4 rings (SSSR count). The molecule has 3 heterocycles. The Morgan fingerprint density at radius 3 is 2.92 bits per heavy atom. The van der Waals surface area contributed by atoms with Crippen LogP contribution < -0.4 is 10.9 Å². The third kappa shape index (κ3) is 3.63. The minimum absolute atomic E-state index is 0.0943. The Labute approximate surface area is 148 Å². The average Bonchev–Trinajstić information content (AvgIpc) is 3.41. The summed E-state index contributed by atoms with van der Waals surface area (Å²) < 4.78 is 10.7. The third-order valence-corrected chi connectivity index (χ3v) is 5.04. The van der Waals surface area contributed by atoms with Crippen molar-refractivity contribution >= 4 is 17.3 Å². The van der Waals surface area contributed by atoms with Crippen molar-refractivity contribution in [2.75, 3.05) is 0 Å². The molecule has 25 heavy (non-hydrogen) atoms. The number of carbonyl (C=O) groups is 1. The van der Waals surface area contributed by atoms with Crippen molar-refractivity contribution in [3.05, 3.63) is 64.5 Å². The molecule has 0 amide bonds. The summed E-state index contributed by atoms with van der Waals surface area (Å²) in [7, 11) is 0. The lowest BCUT2D eigenvalue weighted by Crippen LogP contribution is -2.37. The molecule has 2 atom stereocenters. The molecule has 1 fully saturated rings. The molecular formula is C18H17N3O3S. The van der Waals surface area contributed by atoms with E-state index in [1.54, 1.807) is 17.4 Å². The molecule has 1 saturated heterocycles. The Balaban J connectivity index is 1.31. The first-order chi connectivity index (χ1) is 12.3. The molecule has 2 N–H and O–H groups in total. The van der Waals surface area contributed by atoms with Crippen LogP contribution >= 0.6 is 11.3 Å². The van der Waals surface area contributed by atoms with Crippen LogP contribution in [0.3, 0.4) is 0 Å². The van der Waals surface area contributed by atoms with Crippen LogP contribution in [0.4, 0.5) is 0 Å². The van der Waals surface area contributed by atoms with E-state index in [2.05, 4.69) is 22.1 Å². The van der Waals surface area contributed by atoms with Crippen molar-refractivity contribution < 1.29 is 14.1 Å². The van der Waals surface area contributed by atoms with Crippen LogP contribution in [-0.2, 0) is 16.1 Å². The number of carbonyl (C=O) groups excluding carboxylic acids is 1. The fourth-order valence-corrected chi connectivity index (χ4v) is 3.54. The maximum Gasteiger partial charge on any atom is 0.324 e. The lowest BCUT2D eigenvalue weighted by molar-refractivity contribution is -0.147. The molecule has 2 unspecified atom stereocenters. The van der Waals surface area contributed by atoms with E-state index >= 15 is 0 Å². The maximum atomic E-state index is 12.2. The molecule has 0 bridgehead atoms. The lowest BCUT2D eigenvalue weighted by atomic mass is 10.1. The van der Waals surface area contributed by atoms with Crippen LogP contribution in [0.15, 0.2) is 58.4 Å². The van der Waals surface area contributed by atoms with Gasteiger partial charge in [0.2, 0.25) is 0 Å². The van der Waals surface area contributed by atoms with Gasteiger partial charge in [0, 0.05) is 16.5 Å². The first kappa shape index (κ1) is 16.0. The van der Waals surface area contributed by atoms with Crippen LogP contribution in [-0.4, -0.2) is 17.2 Å². The summed E-state index contributed by atoms with van der Waals surface area (Å²) in [5.41, 5.74) is 7.67. The summed E-state index contributed by atoms with van der Waals surface area (Å²) in [6.07, 6.45) is 0.660. The molecule has 3 aromatic rings. The highest BCUT2D eigenvalue weighted by atomic mass is 32.1. The second kappa shape index (κ2) is 7.18. The van der Waals surface area contributed by atoms with Gasteiger partial charge in [0.1, 0.15) is 18.3 Å². The van der Waals surface area contributed by atoms with Gasteiger partial charge >= 0.3 is 5.97 Å². The Morgan fingerprint density at radius 2 is 2.12 bits per heavy atom. The first-order valence-corrected chi connectivity index (χ1v) is 8.89. The predicted octanol–water partition coefficient (Wildman–Crippen LogP) is 3.05. The van der Waals surface area contributed by atoms with Gasteiger partial charge in [-0.25, -0.2) is 10.9 Å². The Bertz CT molecular complexity index is 832. The van der Waals surface area contributed by atoms with E-state index in [4.69, 9.17) is 9.26 Å². The Hall–Kier alpha value is -2.48. The van der Waals surface area contributed by atoms with Crippen molar-refractivity contribution in [3.8, 4) is 11.3 Å². The highest BCUT2D eigenvalue weighted by Gasteiger charge is 2.31. The molecule has 0 radical (unpaired) electrons. The van der Waals surface area contributed by atoms with Gasteiger partial charge < -0.3 is 9.26 Å². The van der Waals surface area contributed by atoms with Crippen LogP contribution in [0, 0.1) is 0 Å². The number of hydrogen-bond donors (Lipinski definition) is 2. The largest absolute Gasteiger partial charge is 0.458 e. The monoisotopic (exact) mass is 355 g/mol. The smallest absolute Gasteiger partial charge is 0.324 e. The molecule has 1 aromatic carbocycles. The normalized spacial score (nSPS) is 19.8. The summed E-state index contributed by atoms with van der Waals surface area (Å²) in [4.78, 5) is 13.4. The van der Waals surface area contributed by atoms with E-state index in [1.165, 1.54) is 4.88 Å². The number of hydrazine groups is 1. The van der Waals surface area contributed by atoms with Crippen molar-refractivity contribution in [2.45, 2.75) is 25.1 Å². The van der Waals surface area contributed by atoms with Crippen LogP contribution in [0.1, 0.15) is 23.0 Å². The van der Waals surface area contributed by atoms with Crippen molar-refractivity contribution in [1.82, 2.24) is 16.0 Å². The van der Waals surface area contributed by atoms with Gasteiger partial charge in [-0.2, -0.15) is 0 Å². The van der Waals surface area contributed by atoms with Crippen molar-refractivity contribution in [2.24, 2.45) is 0 Å². The zero-order chi connectivity index (χ0) is 17.1. The van der Waals surface area contributed by atoms with Gasteiger partial charge in [-0.15, -0.1) is 11.3 Å². The van der Waals surface area contributed by atoms with E-state index in [-0.39, 0.29) is 24.7 Å². The van der Waals surface area contributed by atoms with Crippen molar-refractivity contribution in [1.29, 1.82) is 0 Å². The predicted molar refractivity (Wildman–Crippen MR) is 93.5 cm³/mol. The first-order valence-electron chi connectivity index (χ1n) is 8.02. The highest BCUT2D eigenvalue weighted by molar-refractivity contribution is 7.10.